The number of hydrogen-bond donors (Lipinski definition) is 1. The van der Waals surface area contributed by atoms with E-state index in [9.17, 15) is 4.79 Å². The van der Waals surface area contributed by atoms with Crippen LogP contribution in [0.4, 0.5) is 4.79 Å². The Morgan fingerprint density at radius 1 is 1.25 bits per heavy atom. The molecule has 0 aliphatic heterocycles. The van der Waals surface area contributed by atoms with E-state index in [2.05, 4.69) is 33.0 Å². The molecule has 0 saturated carbocycles. The first kappa shape index (κ1) is 15.3. The van der Waals surface area contributed by atoms with Gasteiger partial charge in [-0.25, -0.2) is 4.79 Å². The van der Waals surface area contributed by atoms with Crippen molar-refractivity contribution in [1.82, 2.24) is 10.2 Å². The molecule has 3 heteroatoms. The maximum atomic E-state index is 11.7. The van der Waals surface area contributed by atoms with Crippen molar-refractivity contribution >= 4 is 6.03 Å². The van der Waals surface area contributed by atoms with Crippen LogP contribution in [-0.2, 0) is 0 Å². The number of nitrogens with one attached hydrogen (secondary N) is 1. The Hall–Kier alpha value is -0.730. The number of hydrogen-bond acceptors (Lipinski definition) is 1. The average Bonchev–Trinajstić information content (AvgIpc) is 2.22. The van der Waals surface area contributed by atoms with E-state index in [4.69, 9.17) is 0 Å². The Kier molecular flexibility index (Phi) is 8.04. The first-order chi connectivity index (χ1) is 7.47. The summed E-state index contributed by atoms with van der Waals surface area (Å²) in [4.78, 5) is 13.5. The van der Waals surface area contributed by atoms with Crippen molar-refractivity contribution in [3.8, 4) is 0 Å². The van der Waals surface area contributed by atoms with Gasteiger partial charge in [0, 0.05) is 19.6 Å². The van der Waals surface area contributed by atoms with Crippen LogP contribution < -0.4 is 5.32 Å². The summed E-state index contributed by atoms with van der Waals surface area (Å²) in [5.74, 6) is 0.706. The molecule has 0 fully saturated rings. The maximum Gasteiger partial charge on any atom is 0.317 e. The zero-order valence-electron chi connectivity index (χ0n) is 11.5. The standard InChI is InChI=1S/C13H28N2O/c1-6-7-10-15(5)13(16)14-12(4)9-8-11(2)3/h11-12H,6-10H2,1-5H3,(H,14,16). The third-order valence-electron chi connectivity index (χ3n) is 2.74. The molecule has 1 unspecified atom stereocenters. The number of carbonyl (C=O) groups is 1. The Morgan fingerprint density at radius 3 is 2.38 bits per heavy atom. The number of rotatable bonds is 7. The molecule has 0 aliphatic rings. The van der Waals surface area contributed by atoms with E-state index in [0.717, 1.165) is 25.8 Å². The number of nitrogens with zero attached hydrogens (tertiary/aromatic N) is 1. The topological polar surface area (TPSA) is 32.3 Å². The highest BCUT2D eigenvalue weighted by Gasteiger charge is 2.11. The molecule has 0 radical (unpaired) electrons. The predicted molar refractivity (Wildman–Crippen MR) is 69.6 cm³/mol. The van der Waals surface area contributed by atoms with E-state index in [0.29, 0.717) is 5.92 Å². The molecule has 0 aromatic heterocycles. The van der Waals surface area contributed by atoms with Crippen LogP contribution in [0.15, 0.2) is 0 Å². The Balaban J connectivity index is 3.76. The van der Waals surface area contributed by atoms with Crippen LogP contribution >= 0.6 is 0 Å². The summed E-state index contributed by atoms with van der Waals surface area (Å²) in [6.45, 7) is 9.48. The van der Waals surface area contributed by atoms with E-state index in [1.165, 1.54) is 6.42 Å². The SMILES string of the molecule is CCCCN(C)C(=O)NC(C)CCC(C)C. The van der Waals surface area contributed by atoms with Gasteiger partial charge in [-0.05, 0) is 32.1 Å². The summed E-state index contributed by atoms with van der Waals surface area (Å²) < 4.78 is 0. The van der Waals surface area contributed by atoms with Crippen molar-refractivity contribution in [3.63, 3.8) is 0 Å². The summed E-state index contributed by atoms with van der Waals surface area (Å²) in [6, 6.07) is 0.337. The van der Waals surface area contributed by atoms with Gasteiger partial charge >= 0.3 is 6.03 Å². The number of carbonyl (C=O) groups excluding carboxylic acids is 1. The molecule has 0 heterocycles. The monoisotopic (exact) mass is 228 g/mol. The molecule has 1 N–H and O–H groups in total. The quantitative estimate of drug-likeness (QED) is 0.712. The van der Waals surface area contributed by atoms with Gasteiger partial charge in [-0.1, -0.05) is 27.2 Å². The van der Waals surface area contributed by atoms with Gasteiger partial charge in [-0.15, -0.1) is 0 Å². The molecule has 0 aromatic rings. The molecular formula is C13H28N2O. The van der Waals surface area contributed by atoms with Crippen LogP contribution in [0.2, 0.25) is 0 Å². The molecule has 1 atom stereocenters. The number of urea groups is 1. The molecule has 16 heavy (non-hydrogen) atoms. The lowest BCUT2D eigenvalue weighted by atomic mass is 10.0. The van der Waals surface area contributed by atoms with Gasteiger partial charge in [0.2, 0.25) is 0 Å². The van der Waals surface area contributed by atoms with E-state index >= 15 is 0 Å². The van der Waals surface area contributed by atoms with Crippen LogP contribution in [-0.4, -0.2) is 30.6 Å². The number of amides is 2. The van der Waals surface area contributed by atoms with Crippen LogP contribution in [0.3, 0.4) is 0 Å². The molecule has 0 aromatic carbocycles. The molecule has 0 bridgehead atoms. The molecule has 0 rings (SSSR count). The van der Waals surface area contributed by atoms with Gasteiger partial charge in [0.15, 0.2) is 0 Å². The van der Waals surface area contributed by atoms with E-state index < -0.39 is 0 Å². The highest BCUT2D eigenvalue weighted by atomic mass is 16.2. The van der Waals surface area contributed by atoms with Gasteiger partial charge in [0.1, 0.15) is 0 Å². The van der Waals surface area contributed by atoms with Gasteiger partial charge in [-0.2, -0.15) is 0 Å². The second kappa shape index (κ2) is 8.43. The third kappa shape index (κ3) is 7.55. The minimum absolute atomic E-state index is 0.0599. The third-order valence-corrected chi connectivity index (χ3v) is 2.74. The molecule has 2 amide bonds. The minimum atomic E-state index is 0.0599. The molecule has 0 saturated heterocycles. The lowest BCUT2D eigenvalue weighted by molar-refractivity contribution is 0.203. The van der Waals surface area contributed by atoms with Crippen LogP contribution in [0, 0.1) is 5.92 Å². The first-order valence-corrected chi connectivity index (χ1v) is 6.49. The maximum absolute atomic E-state index is 11.7. The van der Waals surface area contributed by atoms with Gasteiger partial charge in [-0.3, -0.25) is 0 Å². The first-order valence-electron chi connectivity index (χ1n) is 6.49. The van der Waals surface area contributed by atoms with Crippen LogP contribution in [0.5, 0.6) is 0 Å². The summed E-state index contributed by atoms with van der Waals surface area (Å²) in [5, 5.41) is 3.03. The fourth-order valence-electron chi connectivity index (χ4n) is 1.47. The second-order valence-corrected chi connectivity index (χ2v) is 5.10. The lowest BCUT2D eigenvalue weighted by Crippen LogP contribution is -2.42. The average molecular weight is 228 g/mol. The van der Waals surface area contributed by atoms with Gasteiger partial charge in [0.25, 0.3) is 0 Å². The molecule has 0 spiro atoms. The number of unbranched alkanes of at least 4 members (excludes halogenated alkanes) is 1. The van der Waals surface area contributed by atoms with Crippen molar-refractivity contribution < 1.29 is 4.79 Å². The zero-order valence-corrected chi connectivity index (χ0v) is 11.5. The summed E-state index contributed by atoms with van der Waals surface area (Å²) in [7, 11) is 1.86. The highest BCUT2D eigenvalue weighted by molar-refractivity contribution is 5.74. The fraction of sp³-hybridized carbons (Fsp3) is 0.923. The van der Waals surface area contributed by atoms with Gasteiger partial charge in [0.05, 0.1) is 0 Å². The summed E-state index contributed by atoms with van der Waals surface area (Å²) in [6.07, 6.45) is 4.43. The van der Waals surface area contributed by atoms with Crippen LogP contribution in [0.1, 0.15) is 53.4 Å². The lowest BCUT2D eigenvalue weighted by Gasteiger charge is -2.21. The van der Waals surface area contributed by atoms with Crippen molar-refractivity contribution in [2.24, 2.45) is 5.92 Å². The minimum Gasteiger partial charge on any atom is -0.336 e. The zero-order chi connectivity index (χ0) is 12.6. The Bertz CT molecular complexity index is 192. The largest absolute Gasteiger partial charge is 0.336 e. The van der Waals surface area contributed by atoms with Crippen molar-refractivity contribution in [3.05, 3.63) is 0 Å². The molecular weight excluding hydrogens is 200 g/mol. The van der Waals surface area contributed by atoms with Crippen molar-refractivity contribution in [2.75, 3.05) is 13.6 Å². The van der Waals surface area contributed by atoms with E-state index in [1.54, 1.807) is 4.90 Å². The molecule has 3 nitrogen and oxygen atoms in total. The molecule has 0 aliphatic carbocycles. The highest BCUT2D eigenvalue weighted by Crippen LogP contribution is 2.06. The summed E-state index contributed by atoms with van der Waals surface area (Å²) in [5.41, 5.74) is 0. The van der Waals surface area contributed by atoms with E-state index in [1.807, 2.05) is 7.05 Å². The second-order valence-electron chi connectivity index (χ2n) is 5.10. The Morgan fingerprint density at radius 2 is 1.88 bits per heavy atom. The fourth-order valence-corrected chi connectivity index (χ4v) is 1.47. The van der Waals surface area contributed by atoms with E-state index in [-0.39, 0.29) is 12.1 Å². The Labute approximate surface area is 101 Å². The summed E-state index contributed by atoms with van der Waals surface area (Å²) >= 11 is 0. The van der Waals surface area contributed by atoms with Crippen LogP contribution in [0.25, 0.3) is 0 Å². The van der Waals surface area contributed by atoms with Gasteiger partial charge < -0.3 is 10.2 Å². The predicted octanol–water partition coefficient (Wildman–Crippen LogP) is 3.25. The smallest absolute Gasteiger partial charge is 0.317 e. The van der Waals surface area contributed by atoms with Crippen molar-refractivity contribution in [2.45, 2.75) is 59.4 Å². The normalized spacial score (nSPS) is 12.6. The van der Waals surface area contributed by atoms with Crippen molar-refractivity contribution in [1.29, 1.82) is 0 Å². The molecule has 96 valence electrons.